The lowest BCUT2D eigenvalue weighted by molar-refractivity contribution is -0.148. The van der Waals surface area contributed by atoms with Gasteiger partial charge in [-0.05, 0) is 91.5 Å². The molecule has 2 unspecified atom stereocenters. The van der Waals surface area contributed by atoms with Gasteiger partial charge in [0.25, 0.3) is 0 Å². The Morgan fingerprint density at radius 1 is 1.06 bits per heavy atom. The molecule has 1 aromatic carbocycles. The quantitative estimate of drug-likeness (QED) is 0.535. The Morgan fingerprint density at radius 2 is 1.66 bits per heavy atom. The molecule has 2 rings (SSSR count). The highest BCUT2D eigenvalue weighted by Gasteiger charge is 2.41. The van der Waals surface area contributed by atoms with Gasteiger partial charge in [-0.2, -0.15) is 0 Å². The van der Waals surface area contributed by atoms with Gasteiger partial charge in [-0.15, -0.1) is 0 Å². The third-order valence-corrected chi connectivity index (χ3v) is 6.06. The maximum atomic E-state index is 13.8. The van der Waals surface area contributed by atoms with Crippen LogP contribution in [0.3, 0.4) is 0 Å². The summed E-state index contributed by atoms with van der Waals surface area (Å²) in [5, 5.41) is 15.8. The van der Waals surface area contributed by atoms with Gasteiger partial charge >= 0.3 is 6.09 Å². The molecule has 2 atom stereocenters. The van der Waals surface area contributed by atoms with Crippen LogP contribution in [0.15, 0.2) is 18.2 Å². The van der Waals surface area contributed by atoms with E-state index in [0.717, 1.165) is 32.1 Å². The van der Waals surface area contributed by atoms with Crippen molar-refractivity contribution in [2.75, 3.05) is 0 Å². The van der Waals surface area contributed by atoms with E-state index in [1.54, 1.807) is 52.8 Å². The van der Waals surface area contributed by atoms with Crippen molar-refractivity contribution in [2.45, 2.75) is 117 Å². The molecule has 0 saturated heterocycles. The number of aryl methyl sites for hydroxylation is 1. The Hall–Kier alpha value is -2.77. The SMILES string of the molecule is Cc1cc(C(C(=O)NC2CCCCC2)N(C(=O)C(C)NC(=O)OC(C)(C)C)C(C)(C)C)ccc1O. The van der Waals surface area contributed by atoms with E-state index < -0.39 is 35.2 Å². The van der Waals surface area contributed by atoms with E-state index in [0.29, 0.717) is 11.1 Å². The number of ether oxygens (including phenoxy) is 1. The third kappa shape index (κ3) is 8.15. The smallest absolute Gasteiger partial charge is 0.408 e. The van der Waals surface area contributed by atoms with Crippen LogP contribution in [-0.4, -0.2) is 51.1 Å². The molecule has 0 bridgehead atoms. The molecule has 1 aliphatic carbocycles. The first-order valence-electron chi connectivity index (χ1n) is 12.5. The zero-order valence-electron chi connectivity index (χ0n) is 22.5. The second kappa shape index (κ2) is 11.3. The maximum Gasteiger partial charge on any atom is 0.408 e. The van der Waals surface area contributed by atoms with E-state index in [4.69, 9.17) is 4.74 Å². The van der Waals surface area contributed by atoms with Crippen LogP contribution in [0.1, 0.15) is 97.7 Å². The number of nitrogens with zero attached hydrogens (tertiary/aromatic N) is 1. The largest absolute Gasteiger partial charge is 0.508 e. The summed E-state index contributed by atoms with van der Waals surface area (Å²) in [4.78, 5) is 41.4. The van der Waals surface area contributed by atoms with Crippen LogP contribution >= 0.6 is 0 Å². The predicted molar refractivity (Wildman–Crippen MR) is 136 cm³/mol. The summed E-state index contributed by atoms with van der Waals surface area (Å²) in [6, 6.07) is 3.15. The topological polar surface area (TPSA) is 108 Å². The number of hydrogen-bond acceptors (Lipinski definition) is 5. The standard InChI is InChI=1S/C27H43N3O5/c1-17-16-19(14-15-21(17)31)22(23(32)29-20-12-10-9-11-13-20)30(26(3,4)5)24(33)18(2)28-25(34)35-27(6,7)8/h14-16,18,20,22,31H,9-13H2,1-8H3,(H,28,34)(H,29,32). The van der Waals surface area contributed by atoms with Gasteiger partial charge in [0.15, 0.2) is 0 Å². The van der Waals surface area contributed by atoms with Crippen molar-refractivity contribution in [3.05, 3.63) is 29.3 Å². The average molecular weight is 490 g/mol. The summed E-state index contributed by atoms with van der Waals surface area (Å²) in [6.45, 7) is 14.2. The van der Waals surface area contributed by atoms with E-state index in [1.165, 1.54) is 4.90 Å². The number of carbonyl (C=O) groups is 3. The summed E-state index contributed by atoms with van der Waals surface area (Å²) in [6.07, 6.45) is 4.41. The number of phenolic OH excluding ortho intramolecular Hbond substituents is 1. The molecular formula is C27H43N3O5. The van der Waals surface area contributed by atoms with Crippen LogP contribution in [0.25, 0.3) is 0 Å². The lowest BCUT2D eigenvalue weighted by Gasteiger charge is -2.43. The molecular weight excluding hydrogens is 446 g/mol. The van der Waals surface area contributed by atoms with Crippen LogP contribution in [0.5, 0.6) is 5.75 Å². The minimum Gasteiger partial charge on any atom is -0.508 e. The van der Waals surface area contributed by atoms with Gasteiger partial charge in [-0.1, -0.05) is 25.3 Å². The Labute approximate surface area is 209 Å². The molecule has 3 N–H and O–H groups in total. The Bertz CT molecular complexity index is 910. The minimum absolute atomic E-state index is 0.0613. The highest BCUT2D eigenvalue weighted by molar-refractivity contribution is 5.92. The van der Waals surface area contributed by atoms with Crippen molar-refractivity contribution in [3.8, 4) is 5.75 Å². The van der Waals surface area contributed by atoms with E-state index in [1.807, 2.05) is 20.8 Å². The fraction of sp³-hybridized carbons (Fsp3) is 0.667. The summed E-state index contributed by atoms with van der Waals surface area (Å²) < 4.78 is 5.32. The van der Waals surface area contributed by atoms with Crippen molar-refractivity contribution in [3.63, 3.8) is 0 Å². The fourth-order valence-electron chi connectivity index (χ4n) is 4.39. The number of phenols is 1. The van der Waals surface area contributed by atoms with Gasteiger partial charge in [0, 0.05) is 11.6 Å². The molecule has 1 aliphatic rings. The molecule has 1 fully saturated rings. The molecule has 0 radical (unpaired) electrons. The number of nitrogens with one attached hydrogen (secondary N) is 2. The molecule has 1 saturated carbocycles. The van der Waals surface area contributed by atoms with Gasteiger partial charge in [0.2, 0.25) is 11.8 Å². The van der Waals surface area contributed by atoms with E-state index in [-0.39, 0.29) is 17.7 Å². The number of amides is 3. The molecule has 196 valence electrons. The Morgan fingerprint density at radius 3 is 2.17 bits per heavy atom. The van der Waals surface area contributed by atoms with Crippen molar-refractivity contribution in [1.29, 1.82) is 0 Å². The molecule has 8 nitrogen and oxygen atoms in total. The lowest BCUT2D eigenvalue weighted by Crippen LogP contribution is -2.58. The number of rotatable bonds is 6. The van der Waals surface area contributed by atoms with Gasteiger partial charge in [-0.25, -0.2) is 4.79 Å². The van der Waals surface area contributed by atoms with Crippen LogP contribution in [-0.2, 0) is 14.3 Å². The van der Waals surface area contributed by atoms with Gasteiger partial charge in [0.05, 0.1) is 0 Å². The predicted octanol–water partition coefficient (Wildman–Crippen LogP) is 4.73. The fourth-order valence-corrected chi connectivity index (χ4v) is 4.39. The zero-order valence-corrected chi connectivity index (χ0v) is 22.5. The molecule has 0 heterocycles. The summed E-state index contributed by atoms with van der Waals surface area (Å²) in [5.74, 6) is -0.554. The molecule has 0 aliphatic heterocycles. The van der Waals surface area contributed by atoms with Crippen molar-refractivity contribution >= 4 is 17.9 Å². The van der Waals surface area contributed by atoms with Gasteiger partial charge < -0.3 is 25.4 Å². The summed E-state index contributed by atoms with van der Waals surface area (Å²) in [7, 11) is 0. The highest BCUT2D eigenvalue weighted by atomic mass is 16.6. The lowest BCUT2D eigenvalue weighted by atomic mass is 9.92. The third-order valence-electron chi connectivity index (χ3n) is 6.06. The molecule has 3 amide bonds. The Balaban J connectivity index is 2.43. The molecule has 1 aromatic rings. The van der Waals surface area contributed by atoms with Crippen LogP contribution < -0.4 is 10.6 Å². The first kappa shape index (κ1) is 28.5. The minimum atomic E-state index is -0.938. The zero-order chi connectivity index (χ0) is 26.6. The normalized spacial score (nSPS) is 16.7. The van der Waals surface area contributed by atoms with Crippen LogP contribution in [0.2, 0.25) is 0 Å². The maximum absolute atomic E-state index is 13.8. The first-order valence-corrected chi connectivity index (χ1v) is 12.5. The second-order valence-electron chi connectivity index (χ2n) is 11.5. The summed E-state index contributed by atoms with van der Waals surface area (Å²) >= 11 is 0. The van der Waals surface area contributed by atoms with Gasteiger partial charge in [0.1, 0.15) is 23.4 Å². The van der Waals surface area contributed by atoms with Crippen molar-refractivity contribution < 1.29 is 24.2 Å². The second-order valence-corrected chi connectivity index (χ2v) is 11.5. The van der Waals surface area contributed by atoms with Crippen molar-refractivity contribution in [1.82, 2.24) is 15.5 Å². The van der Waals surface area contributed by atoms with Crippen LogP contribution in [0, 0.1) is 6.92 Å². The first-order chi connectivity index (χ1) is 16.1. The van der Waals surface area contributed by atoms with E-state index in [9.17, 15) is 19.5 Å². The van der Waals surface area contributed by atoms with Crippen molar-refractivity contribution in [2.24, 2.45) is 0 Å². The number of benzene rings is 1. The molecule has 35 heavy (non-hydrogen) atoms. The van der Waals surface area contributed by atoms with Crippen LogP contribution in [0.4, 0.5) is 4.79 Å². The van der Waals surface area contributed by atoms with E-state index in [2.05, 4.69) is 10.6 Å². The highest BCUT2D eigenvalue weighted by Crippen LogP contribution is 2.32. The molecule has 8 heteroatoms. The number of carbonyl (C=O) groups excluding carboxylic acids is 3. The Kier molecular flexibility index (Phi) is 9.20. The van der Waals surface area contributed by atoms with E-state index >= 15 is 0 Å². The monoisotopic (exact) mass is 489 g/mol. The summed E-state index contributed by atoms with van der Waals surface area (Å²) in [5.41, 5.74) is -0.246. The van der Waals surface area contributed by atoms with Gasteiger partial charge in [-0.3, -0.25) is 9.59 Å². The average Bonchev–Trinajstić information content (AvgIpc) is 2.71. The number of hydrogen-bond donors (Lipinski definition) is 3. The molecule has 0 spiro atoms. The number of alkyl carbamates (subject to hydrolysis) is 1. The molecule has 0 aromatic heterocycles. The number of aromatic hydroxyl groups is 1.